The van der Waals surface area contributed by atoms with Crippen molar-refractivity contribution in [2.24, 2.45) is 11.8 Å². The van der Waals surface area contributed by atoms with Gasteiger partial charge in [0.15, 0.2) is 0 Å². The third-order valence-corrected chi connectivity index (χ3v) is 2.42. The Labute approximate surface area is 83.9 Å². The molecule has 0 aliphatic heterocycles. The van der Waals surface area contributed by atoms with Crippen LogP contribution in [0.3, 0.4) is 0 Å². The van der Waals surface area contributed by atoms with E-state index in [2.05, 4.69) is 0 Å². The summed E-state index contributed by atoms with van der Waals surface area (Å²) in [6.07, 6.45) is 1.94. The zero-order valence-electron chi connectivity index (χ0n) is 8.69. The number of carbonyl (C=O) groups is 2. The van der Waals surface area contributed by atoms with Crippen LogP contribution in [0.5, 0.6) is 0 Å². The van der Waals surface area contributed by atoms with Gasteiger partial charge in [-0.2, -0.15) is 0 Å². The standard InChI is InChI=1S/C10H18O4/c1-3-5-7(6-9(11)12)8(4-2)10(13)14/h7-8H,3-6H2,1-2H3,(H,11,12)(H,13,14). The molecule has 0 fully saturated rings. The maximum Gasteiger partial charge on any atom is 0.306 e. The molecule has 0 amide bonds. The zero-order valence-corrected chi connectivity index (χ0v) is 8.69. The molecule has 4 heteroatoms. The van der Waals surface area contributed by atoms with Crippen LogP contribution in [0.1, 0.15) is 39.5 Å². The maximum atomic E-state index is 10.8. The largest absolute Gasteiger partial charge is 0.481 e. The first kappa shape index (κ1) is 12.9. The van der Waals surface area contributed by atoms with Crippen molar-refractivity contribution in [1.82, 2.24) is 0 Å². The second-order valence-corrected chi connectivity index (χ2v) is 3.50. The molecule has 0 spiro atoms. The average molecular weight is 202 g/mol. The molecule has 2 unspecified atom stereocenters. The van der Waals surface area contributed by atoms with Gasteiger partial charge in [0, 0.05) is 6.42 Å². The molecule has 0 aliphatic carbocycles. The van der Waals surface area contributed by atoms with Gasteiger partial charge in [-0.25, -0.2) is 0 Å². The fourth-order valence-corrected chi connectivity index (χ4v) is 1.75. The fraction of sp³-hybridized carbons (Fsp3) is 0.800. The molecule has 0 saturated carbocycles. The number of hydrogen-bond donors (Lipinski definition) is 2. The van der Waals surface area contributed by atoms with E-state index >= 15 is 0 Å². The van der Waals surface area contributed by atoms with Crippen LogP contribution < -0.4 is 0 Å². The van der Waals surface area contributed by atoms with Gasteiger partial charge in [-0.15, -0.1) is 0 Å². The Bertz CT molecular complexity index is 200. The molecule has 0 aromatic rings. The van der Waals surface area contributed by atoms with Crippen molar-refractivity contribution >= 4 is 11.9 Å². The second kappa shape index (κ2) is 6.40. The molecule has 14 heavy (non-hydrogen) atoms. The van der Waals surface area contributed by atoms with Gasteiger partial charge in [-0.05, 0) is 18.8 Å². The Balaban J connectivity index is 4.42. The summed E-state index contributed by atoms with van der Waals surface area (Å²) < 4.78 is 0. The van der Waals surface area contributed by atoms with Gasteiger partial charge in [0.1, 0.15) is 0 Å². The normalized spacial score (nSPS) is 14.7. The summed E-state index contributed by atoms with van der Waals surface area (Å²) in [6, 6.07) is 0. The van der Waals surface area contributed by atoms with E-state index in [1.807, 2.05) is 6.92 Å². The molecule has 0 saturated heterocycles. The quantitative estimate of drug-likeness (QED) is 0.662. The molecule has 0 aromatic heterocycles. The molecular weight excluding hydrogens is 184 g/mol. The van der Waals surface area contributed by atoms with Crippen molar-refractivity contribution in [3.8, 4) is 0 Å². The van der Waals surface area contributed by atoms with E-state index in [9.17, 15) is 9.59 Å². The van der Waals surface area contributed by atoms with Gasteiger partial charge in [0.2, 0.25) is 0 Å². The van der Waals surface area contributed by atoms with E-state index in [0.717, 1.165) is 6.42 Å². The van der Waals surface area contributed by atoms with Crippen LogP contribution in [0.15, 0.2) is 0 Å². The summed E-state index contributed by atoms with van der Waals surface area (Å²) in [4.78, 5) is 21.4. The summed E-state index contributed by atoms with van der Waals surface area (Å²) in [5, 5.41) is 17.5. The first-order valence-electron chi connectivity index (χ1n) is 4.97. The molecule has 4 nitrogen and oxygen atoms in total. The van der Waals surface area contributed by atoms with Gasteiger partial charge < -0.3 is 10.2 Å². The second-order valence-electron chi connectivity index (χ2n) is 3.50. The van der Waals surface area contributed by atoms with Crippen molar-refractivity contribution in [3.05, 3.63) is 0 Å². The Kier molecular flexibility index (Phi) is 5.92. The predicted octanol–water partition coefficient (Wildman–Crippen LogP) is 1.99. The van der Waals surface area contributed by atoms with Crippen molar-refractivity contribution in [3.63, 3.8) is 0 Å². The first-order valence-corrected chi connectivity index (χ1v) is 4.97. The monoisotopic (exact) mass is 202 g/mol. The molecule has 0 heterocycles. The summed E-state index contributed by atoms with van der Waals surface area (Å²) in [5.74, 6) is -2.55. The number of carboxylic acids is 2. The fourth-order valence-electron chi connectivity index (χ4n) is 1.75. The summed E-state index contributed by atoms with van der Waals surface area (Å²) in [6.45, 7) is 3.71. The van der Waals surface area contributed by atoms with Crippen LogP contribution in [0.2, 0.25) is 0 Å². The highest BCUT2D eigenvalue weighted by Gasteiger charge is 2.27. The lowest BCUT2D eigenvalue weighted by atomic mass is 9.84. The SMILES string of the molecule is CCCC(CC(=O)O)C(CC)C(=O)O. The van der Waals surface area contributed by atoms with Gasteiger partial charge in [-0.3, -0.25) is 9.59 Å². The van der Waals surface area contributed by atoms with Gasteiger partial charge in [-0.1, -0.05) is 20.3 Å². The average Bonchev–Trinajstić information content (AvgIpc) is 2.03. The van der Waals surface area contributed by atoms with E-state index in [-0.39, 0.29) is 12.3 Å². The topological polar surface area (TPSA) is 74.6 Å². The lowest BCUT2D eigenvalue weighted by Gasteiger charge is -2.20. The Morgan fingerprint density at radius 3 is 2.07 bits per heavy atom. The van der Waals surface area contributed by atoms with Gasteiger partial charge in [0.25, 0.3) is 0 Å². The van der Waals surface area contributed by atoms with E-state index in [0.29, 0.717) is 12.8 Å². The number of hydrogen-bond acceptors (Lipinski definition) is 2. The molecule has 0 radical (unpaired) electrons. The number of aliphatic carboxylic acids is 2. The number of carboxylic acid groups (broad SMARTS) is 2. The van der Waals surface area contributed by atoms with E-state index < -0.39 is 17.9 Å². The molecule has 0 aliphatic rings. The highest BCUT2D eigenvalue weighted by atomic mass is 16.4. The van der Waals surface area contributed by atoms with Gasteiger partial charge in [0.05, 0.1) is 5.92 Å². The lowest BCUT2D eigenvalue weighted by Crippen LogP contribution is -2.25. The minimum Gasteiger partial charge on any atom is -0.481 e. The highest BCUT2D eigenvalue weighted by molar-refractivity contribution is 5.72. The lowest BCUT2D eigenvalue weighted by molar-refractivity contribution is -0.145. The Hall–Kier alpha value is -1.06. The molecule has 82 valence electrons. The zero-order chi connectivity index (χ0) is 11.1. The van der Waals surface area contributed by atoms with Crippen LogP contribution in [0.25, 0.3) is 0 Å². The number of rotatable bonds is 7. The van der Waals surface area contributed by atoms with Crippen LogP contribution in [0.4, 0.5) is 0 Å². The molecule has 2 N–H and O–H groups in total. The van der Waals surface area contributed by atoms with Crippen molar-refractivity contribution in [2.45, 2.75) is 39.5 Å². The van der Waals surface area contributed by atoms with Crippen molar-refractivity contribution in [1.29, 1.82) is 0 Å². The Morgan fingerprint density at radius 1 is 1.21 bits per heavy atom. The summed E-state index contributed by atoms with van der Waals surface area (Å²) in [5.41, 5.74) is 0. The van der Waals surface area contributed by atoms with E-state index in [1.165, 1.54) is 0 Å². The molecule has 0 bridgehead atoms. The van der Waals surface area contributed by atoms with Gasteiger partial charge >= 0.3 is 11.9 Å². The molecule has 2 atom stereocenters. The Morgan fingerprint density at radius 2 is 1.79 bits per heavy atom. The van der Waals surface area contributed by atoms with E-state index in [1.54, 1.807) is 6.92 Å². The highest BCUT2D eigenvalue weighted by Crippen LogP contribution is 2.24. The maximum absolute atomic E-state index is 10.8. The third-order valence-electron chi connectivity index (χ3n) is 2.42. The summed E-state index contributed by atoms with van der Waals surface area (Å²) in [7, 11) is 0. The van der Waals surface area contributed by atoms with Crippen LogP contribution in [-0.4, -0.2) is 22.2 Å². The predicted molar refractivity (Wildman–Crippen MR) is 52.1 cm³/mol. The van der Waals surface area contributed by atoms with Crippen LogP contribution >= 0.6 is 0 Å². The van der Waals surface area contributed by atoms with Crippen molar-refractivity contribution < 1.29 is 19.8 Å². The minimum atomic E-state index is -0.914. The van der Waals surface area contributed by atoms with Crippen molar-refractivity contribution in [2.75, 3.05) is 0 Å². The molecular formula is C10H18O4. The summed E-state index contributed by atoms with van der Waals surface area (Å²) >= 11 is 0. The minimum absolute atomic E-state index is 0.0430. The van der Waals surface area contributed by atoms with E-state index in [4.69, 9.17) is 10.2 Å². The molecule has 0 rings (SSSR count). The third kappa shape index (κ3) is 4.25. The smallest absolute Gasteiger partial charge is 0.306 e. The first-order chi connectivity index (χ1) is 6.52. The molecule has 0 aromatic carbocycles. The van der Waals surface area contributed by atoms with Crippen LogP contribution in [-0.2, 0) is 9.59 Å². The van der Waals surface area contributed by atoms with Crippen LogP contribution in [0, 0.1) is 11.8 Å².